The summed E-state index contributed by atoms with van der Waals surface area (Å²) < 4.78 is 1.18. The number of fused-ring (bicyclic) bond motifs is 2. The van der Waals surface area contributed by atoms with Crippen LogP contribution in [0.3, 0.4) is 0 Å². The average Bonchev–Trinajstić information content (AvgIpc) is 3.49. The number of nitrogens with two attached hydrogens (primary N) is 2. The number of carbonyl (C=O) groups is 2. The van der Waals surface area contributed by atoms with Gasteiger partial charge in [-0.15, -0.1) is 11.3 Å². The van der Waals surface area contributed by atoms with Crippen LogP contribution in [0.1, 0.15) is 66.7 Å². The van der Waals surface area contributed by atoms with Gasteiger partial charge >= 0.3 is 0 Å². The molecule has 0 fully saturated rings. The number of hydrogen-bond acceptors (Lipinski definition) is 9. The third-order valence-electron chi connectivity index (χ3n) is 6.51. The molecule has 37 heavy (non-hydrogen) atoms. The molecule has 1 aliphatic rings. The van der Waals surface area contributed by atoms with E-state index in [1.807, 2.05) is 24.3 Å². The lowest BCUT2D eigenvalue weighted by atomic mass is 10.0. The van der Waals surface area contributed by atoms with E-state index in [2.05, 4.69) is 56.6 Å². The fraction of sp³-hybridized carbons (Fsp3) is 0.231. The molecular formula is C26H28N8O2S. The van der Waals surface area contributed by atoms with E-state index < -0.39 is 0 Å². The van der Waals surface area contributed by atoms with E-state index in [0.29, 0.717) is 6.54 Å². The van der Waals surface area contributed by atoms with Gasteiger partial charge in [0.1, 0.15) is 23.9 Å². The standard InChI is InChI=1S/C26H28N8O2S/c1-14-8-17-3-2-15(9-23(17)37-14)12-29-25(35)21-11-22(31-13-30-21)26(36)32-20-7-5-16-10-18(4-6-19(16)20)24(33-27)34-28/h2-4,6,8-11,13,20,24,33-34H,5,7,12,27-28H2,1H3,(H,29,35)(H,32,36). The molecule has 0 spiro atoms. The molecule has 1 aliphatic carbocycles. The number of aryl methyl sites for hydroxylation is 2. The maximum Gasteiger partial charge on any atom is 0.270 e. The van der Waals surface area contributed by atoms with Crippen LogP contribution in [0, 0.1) is 6.92 Å². The molecule has 1 atom stereocenters. The van der Waals surface area contributed by atoms with Crippen molar-refractivity contribution in [2.45, 2.75) is 38.5 Å². The molecule has 5 rings (SSSR count). The SMILES string of the molecule is Cc1cc2ccc(CNC(=O)c3cc(C(=O)NC4CCc5cc(C(NN)NN)ccc54)ncn3)cc2s1. The number of nitrogens with one attached hydrogen (secondary N) is 4. The molecule has 190 valence electrons. The molecule has 0 saturated carbocycles. The van der Waals surface area contributed by atoms with Gasteiger partial charge in [0.2, 0.25) is 0 Å². The molecule has 0 saturated heterocycles. The summed E-state index contributed by atoms with van der Waals surface area (Å²) in [6.07, 6.45) is 2.43. The monoisotopic (exact) mass is 516 g/mol. The maximum atomic E-state index is 13.0. The van der Waals surface area contributed by atoms with Crippen LogP contribution in [0.5, 0.6) is 0 Å². The third-order valence-corrected chi connectivity index (χ3v) is 7.52. The molecule has 2 amide bonds. The highest BCUT2D eigenvalue weighted by molar-refractivity contribution is 7.19. The topological polar surface area (TPSA) is 160 Å². The van der Waals surface area contributed by atoms with Crippen molar-refractivity contribution in [1.29, 1.82) is 0 Å². The zero-order valence-electron chi connectivity index (χ0n) is 20.2. The van der Waals surface area contributed by atoms with Gasteiger partial charge in [-0.3, -0.25) is 21.3 Å². The first-order valence-electron chi connectivity index (χ1n) is 11.9. The highest BCUT2D eigenvalue weighted by Gasteiger charge is 2.26. The van der Waals surface area contributed by atoms with Crippen molar-refractivity contribution in [3.05, 3.63) is 93.4 Å². The van der Waals surface area contributed by atoms with Crippen molar-refractivity contribution in [2.24, 2.45) is 11.7 Å². The predicted molar refractivity (Wildman–Crippen MR) is 142 cm³/mol. The van der Waals surface area contributed by atoms with E-state index in [-0.39, 0.29) is 35.4 Å². The highest BCUT2D eigenvalue weighted by atomic mass is 32.1. The normalized spacial score (nSPS) is 14.6. The Labute approximate surface area is 217 Å². The second-order valence-electron chi connectivity index (χ2n) is 8.99. The van der Waals surface area contributed by atoms with Crippen LogP contribution in [0.25, 0.3) is 10.1 Å². The number of carbonyl (C=O) groups excluding carboxylic acids is 2. The van der Waals surface area contributed by atoms with Gasteiger partial charge < -0.3 is 10.6 Å². The molecule has 0 bridgehead atoms. The van der Waals surface area contributed by atoms with Crippen LogP contribution in [-0.4, -0.2) is 21.8 Å². The molecule has 11 heteroatoms. The number of rotatable bonds is 8. The van der Waals surface area contributed by atoms with Gasteiger partial charge in [-0.25, -0.2) is 20.8 Å². The molecule has 2 heterocycles. The summed E-state index contributed by atoms with van der Waals surface area (Å²) in [7, 11) is 0. The lowest BCUT2D eigenvalue weighted by Gasteiger charge is -2.17. The molecule has 2 aromatic carbocycles. The summed E-state index contributed by atoms with van der Waals surface area (Å²) in [5.41, 5.74) is 9.56. The van der Waals surface area contributed by atoms with E-state index >= 15 is 0 Å². The Morgan fingerprint density at radius 2 is 1.81 bits per heavy atom. The molecule has 8 N–H and O–H groups in total. The van der Waals surface area contributed by atoms with Crippen LogP contribution in [0.15, 0.2) is 54.9 Å². The molecule has 0 radical (unpaired) electrons. The number of nitrogens with zero attached hydrogens (tertiary/aromatic N) is 2. The minimum absolute atomic E-state index is 0.138. The summed E-state index contributed by atoms with van der Waals surface area (Å²) in [6, 6.07) is 15.4. The Kier molecular flexibility index (Phi) is 7.22. The number of benzene rings is 2. The average molecular weight is 517 g/mol. The van der Waals surface area contributed by atoms with Gasteiger partial charge in [-0.1, -0.05) is 30.3 Å². The van der Waals surface area contributed by atoms with Gasteiger partial charge in [0.15, 0.2) is 0 Å². The lowest BCUT2D eigenvalue weighted by molar-refractivity contribution is 0.0931. The fourth-order valence-electron chi connectivity index (χ4n) is 4.64. The molecule has 10 nitrogen and oxygen atoms in total. The minimum atomic E-state index is -0.368. The zero-order valence-corrected chi connectivity index (χ0v) is 21.1. The van der Waals surface area contributed by atoms with E-state index in [0.717, 1.165) is 35.1 Å². The smallest absolute Gasteiger partial charge is 0.270 e. The summed E-state index contributed by atoms with van der Waals surface area (Å²) in [6.45, 7) is 2.44. The van der Waals surface area contributed by atoms with Crippen molar-refractivity contribution < 1.29 is 9.59 Å². The van der Waals surface area contributed by atoms with E-state index in [9.17, 15) is 9.59 Å². The second-order valence-corrected chi connectivity index (χ2v) is 10.3. The first kappa shape index (κ1) is 24.9. The summed E-state index contributed by atoms with van der Waals surface area (Å²) in [5, 5.41) is 7.10. The largest absolute Gasteiger partial charge is 0.347 e. The number of hydrazine groups is 2. The Morgan fingerprint density at radius 1 is 1.03 bits per heavy atom. The van der Waals surface area contributed by atoms with Crippen molar-refractivity contribution in [2.75, 3.05) is 0 Å². The van der Waals surface area contributed by atoms with Crippen LogP contribution in [0.4, 0.5) is 0 Å². The Morgan fingerprint density at radius 3 is 2.59 bits per heavy atom. The van der Waals surface area contributed by atoms with E-state index in [4.69, 9.17) is 11.7 Å². The fourth-order valence-corrected chi connectivity index (χ4v) is 5.62. The quantitative estimate of drug-likeness (QED) is 0.118. The Balaban J connectivity index is 1.23. The van der Waals surface area contributed by atoms with Gasteiger partial charge in [0.05, 0.1) is 6.04 Å². The summed E-state index contributed by atoms with van der Waals surface area (Å²) >= 11 is 1.72. The highest BCUT2D eigenvalue weighted by Crippen LogP contribution is 2.33. The van der Waals surface area contributed by atoms with Crippen LogP contribution >= 0.6 is 11.3 Å². The van der Waals surface area contributed by atoms with Crippen molar-refractivity contribution in [3.8, 4) is 0 Å². The second kappa shape index (κ2) is 10.7. The Hall–Kier alpha value is -3.74. The molecule has 2 aromatic heterocycles. The van der Waals surface area contributed by atoms with Gasteiger partial charge in [-0.2, -0.15) is 0 Å². The summed E-state index contributed by atoms with van der Waals surface area (Å²) in [5.74, 6) is 10.3. The molecular weight excluding hydrogens is 488 g/mol. The van der Waals surface area contributed by atoms with Crippen molar-refractivity contribution in [3.63, 3.8) is 0 Å². The maximum absolute atomic E-state index is 13.0. The minimum Gasteiger partial charge on any atom is -0.347 e. The van der Waals surface area contributed by atoms with Crippen LogP contribution in [0.2, 0.25) is 0 Å². The third kappa shape index (κ3) is 5.36. The molecule has 0 aliphatic heterocycles. The Bertz CT molecular complexity index is 1470. The van der Waals surface area contributed by atoms with Crippen LogP contribution < -0.4 is 33.2 Å². The predicted octanol–water partition coefficient (Wildman–Crippen LogP) is 2.27. The van der Waals surface area contributed by atoms with Crippen molar-refractivity contribution >= 4 is 33.2 Å². The van der Waals surface area contributed by atoms with E-state index in [1.165, 1.54) is 27.4 Å². The first-order valence-corrected chi connectivity index (χ1v) is 12.7. The number of aromatic nitrogens is 2. The zero-order chi connectivity index (χ0) is 25.9. The lowest BCUT2D eigenvalue weighted by Crippen LogP contribution is -2.42. The summed E-state index contributed by atoms with van der Waals surface area (Å²) in [4.78, 5) is 35.1. The van der Waals surface area contributed by atoms with Gasteiger partial charge in [-0.05, 0) is 59.5 Å². The number of amides is 2. The van der Waals surface area contributed by atoms with Gasteiger partial charge in [0.25, 0.3) is 11.8 Å². The number of hydrogen-bond donors (Lipinski definition) is 6. The molecule has 4 aromatic rings. The van der Waals surface area contributed by atoms with Crippen LogP contribution in [-0.2, 0) is 13.0 Å². The van der Waals surface area contributed by atoms with E-state index in [1.54, 1.807) is 11.3 Å². The van der Waals surface area contributed by atoms with Crippen molar-refractivity contribution in [1.82, 2.24) is 31.5 Å². The van der Waals surface area contributed by atoms with Gasteiger partial charge in [0, 0.05) is 22.2 Å². The first-order chi connectivity index (χ1) is 17.9. The molecule has 1 unspecified atom stereocenters. The number of thiophene rings is 1.